The largest absolute Gasteiger partial charge is 0.489 e. The average molecular weight is 398 g/mol. The van der Waals surface area contributed by atoms with Crippen molar-refractivity contribution in [2.24, 2.45) is 0 Å². The molecule has 0 spiro atoms. The van der Waals surface area contributed by atoms with Gasteiger partial charge < -0.3 is 25.0 Å². The second-order valence-electron chi connectivity index (χ2n) is 8.46. The minimum Gasteiger partial charge on any atom is -0.489 e. The van der Waals surface area contributed by atoms with E-state index < -0.39 is 5.60 Å². The van der Waals surface area contributed by atoms with Gasteiger partial charge in [-0.05, 0) is 45.4 Å². The van der Waals surface area contributed by atoms with Crippen LogP contribution in [-0.2, 0) is 11.3 Å². The van der Waals surface area contributed by atoms with Gasteiger partial charge in [-0.25, -0.2) is 4.79 Å². The van der Waals surface area contributed by atoms with Crippen LogP contribution in [0.5, 0.6) is 5.75 Å². The smallest absolute Gasteiger partial charge is 0.410 e. The van der Waals surface area contributed by atoms with Crippen molar-refractivity contribution >= 4 is 17.5 Å². The zero-order chi connectivity index (χ0) is 21.0. The molecule has 0 saturated carbocycles. The Morgan fingerprint density at radius 2 is 1.86 bits per heavy atom. The van der Waals surface area contributed by atoms with Gasteiger partial charge in [0.05, 0.1) is 11.4 Å². The van der Waals surface area contributed by atoms with Gasteiger partial charge in [0.2, 0.25) is 0 Å². The molecular formula is C23H31N3O3. The van der Waals surface area contributed by atoms with E-state index >= 15 is 0 Å². The summed E-state index contributed by atoms with van der Waals surface area (Å²) in [6.07, 6.45) is -0.262. The van der Waals surface area contributed by atoms with Crippen molar-refractivity contribution < 1.29 is 14.3 Å². The number of carbonyl (C=O) groups is 1. The van der Waals surface area contributed by atoms with Crippen molar-refractivity contribution in [2.75, 3.05) is 30.3 Å². The number of piperazine rings is 1. The quantitative estimate of drug-likeness (QED) is 0.780. The number of nitrogens with zero attached hydrogens (tertiary/aromatic N) is 2. The second kappa shape index (κ2) is 8.64. The first-order valence-electron chi connectivity index (χ1n) is 10.0. The van der Waals surface area contributed by atoms with Crippen molar-refractivity contribution in [3.63, 3.8) is 0 Å². The van der Waals surface area contributed by atoms with Gasteiger partial charge in [0.15, 0.2) is 0 Å². The lowest BCUT2D eigenvalue weighted by Gasteiger charge is -2.41. The number of amides is 1. The molecule has 3 rings (SSSR count). The minimum absolute atomic E-state index is 0.0343. The third kappa shape index (κ3) is 5.56. The Balaban J connectivity index is 1.60. The van der Waals surface area contributed by atoms with E-state index in [2.05, 4.69) is 4.90 Å². The van der Waals surface area contributed by atoms with Crippen LogP contribution >= 0.6 is 0 Å². The molecule has 6 nitrogen and oxygen atoms in total. The summed E-state index contributed by atoms with van der Waals surface area (Å²) in [5.74, 6) is 0.746. The van der Waals surface area contributed by atoms with Crippen LogP contribution in [0.4, 0.5) is 16.2 Å². The number of anilines is 2. The summed E-state index contributed by atoms with van der Waals surface area (Å²) in [7, 11) is 0. The molecule has 0 aliphatic carbocycles. The summed E-state index contributed by atoms with van der Waals surface area (Å²) in [6, 6.07) is 15.9. The van der Waals surface area contributed by atoms with E-state index in [0.717, 1.165) is 17.0 Å². The molecule has 1 fully saturated rings. The lowest BCUT2D eigenvalue weighted by molar-refractivity contribution is 0.0159. The summed E-state index contributed by atoms with van der Waals surface area (Å²) in [5.41, 5.74) is 8.58. The van der Waals surface area contributed by atoms with Crippen LogP contribution in [-0.4, -0.2) is 42.3 Å². The Morgan fingerprint density at radius 3 is 2.48 bits per heavy atom. The molecule has 2 aromatic carbocycles. The molecule has 29 heavy (non-hydrogen) atoms. The normalized spacial score (nSPS) is 17.2. The summed E-state index contributed by atoms with van der Waals surface area (Å²) < 4.78 is 11.4. The molecule has 0 bridgehead atoms. The van der Waals surface area contributed by atoms with Crippen LogP contribution in [0.25, 0.3) is 0 Å². The number of hydrogen-bond acceptors (Lipinski definition) is 5. The van der Waals surface area contributed by atoms with E-state index in [-0.39, 0.29) is 12.1 Å². The second-order valence-corrected chi connectivity index (χ2v) is 8.46. The van der Waals surface area contributed by atoms with Gasteiger partial charge >= 0.3 is 6.09 Å². The summed E-state index contributed by atoms with van der Waals surface area (Å²) in [5, 5.41) is 0. The molecular weight excluding hydrogens is 366 g/mol. The van der Waals surface area contributed by atoms with Gasteiger partial charge in [-0.1, -0.05) is 30.3 Å². The van der Waals surface area contributed by atoms with Crippen LogP contribution in [0.1, 0.15) is 33.3 Å². The van der Waals surface area contributed by atoms with Crippen LogP contribution in [0, 0.1) is 0 Å². The first-order valence-corrected chi connectivity index (χ1v) is 10.0. The molecule has 0 radical (unpaired) electrons. The lowest BCUT2D eigenvalue weighted by atomic mass is 10.1. The van der Waals surface area contributed by atoms with E-state index in [9.17, 15) is 4.79 Å². The molecule has 1 unspecified atom stereocenters. The van der Waals surface area contributed by atoms with Gasteiger partial charge in [0, 0.05) is 31.7 Å². The third-order valence-electron chi connectivity index (χ3n) is 4.84. The van der Waals surface area contributed by atoms with E-state index in [1.165, 1.54) is 0 Å². The van der Waals surface area contributed by atoms with Gasteiger partial charge in [0.1, 0.15) is 18.0 Å². The fraction of sp³-hybridized carbons (Fsp3) is 0.435. The maximum atomic E-state index is 12.4. The molecule has 1 aliphatic rings. The van der Waals surface area contributed by atoms with E-state index in [1.54, 1.807) is 4.90 Å². The summed E-state index contributed by atoms with van der Waals surface area (Å²) in [6.45, 7) is 10.2. The number of ether oxygens (including phenoxy) is 2. The molecule has 1 amide bonds. The van der Waals surface area contributed by atoms with Crippen LogP contribution in [0.2, 0.25) is 0 Å². The van der Waals surface area contributed by atoms with Gasteiger partial charge in [-0.15, -0.1) is 0 Å². The van der Waals surface area contributed by atoms with Crippen LogP contribution in [0.15, 0.2) is 48.5 Å². The molecule has 0 aromatic heterocycles. The van der Waals surface area contributed by atoms with E-state index in [0.29, 0.717) is 31.9 Å². The summed E-state index contributed by atoms with van der Waals surface area (Å²) >= 11 is 0. The zero-order valence-corrected chi connectivity index (χ0v) is 17.7. The maximum Gasteiger partial charge on any atom is 0.410 e. The van der Waals surface area contributed by atoms with Crippen LogP contribution in [0.3, 0.4) is 0 Å². The van der Waals surface area contributed by atoms with Crippen LogP contribution < -0.4 is 15.4 Å². The number of hydrogen-bond donors (Lipinski definition) is 1. The highest BCUT2D eigenvalue weighted by molar-refractivity contribution is 5.72. The van der Waals surface area contributed by atoms with Crippen molar-refractivity contribution in [3.8, 4) is 5.75 Å². The number of benzene rings is 2. The van der Waals surface area contributed by atoms with Crippen molar-refractivity contribution in [1.82, 2.24) is 4.90 Å². The topological polar surface area (TPSA) is 68.0 Å². The molecule has 6 heteroatoms. The van der Waals surface area contributed by atoms with E-state index in [4.69, 9.17) is 15.2 Å². The number of nitrogen functional groups attached to an aromatic ring is 1. The van der Waals surface area contributed by atoms with E-state index in [1.807, 2.05) is 76.2 Å². The minimum atomic E-state index is -0.492. The maximum absolute atomic E-state index is 12.4. The number of carbonyl (C=O) groups excluding carboxylic acids is 1. The first kappa shape index (κ1) is 20.8. The molecule has 1 saturated heterocycles. The highest BCUT2D eigenvalue weighted by Crippen LogP contribution is 2.30. The number of rotatable bonds is 4. The fourth-order valence-electron chi connectivity index (χ4n) is 3.42. The molecule has 1 aliphatic heterocycles. The molecule has 2 N–H and O–H groups in total. The predicted octanol–water partition coefficient (Wildman–Crippen LogP) is 4.29. The molecule has 1 atom stereocenters. The fourth-order valence-corrected chi connectivity index (χ4v) is 3.42. The molecule has 156 valence electrons. The van der Waals surface area contributed by atoms with Gasteiger partial charge in [0.25, 0.3) is 0 Å². The van der Waals surface area contributed by atoms with Crippen molar-refractivity contribution in [2.45, 2.75) is 45.9 Å². The predicted molar refractivity (Wildman–Crippen MR) is 116 cm³/mol. The Hall–Kier alpha value is -2.89. The average Bonchev–Trinajstić information content (AvgIpc) is 2.65. The van der Waals surface area contributed by atoms with Crippen molar-refractivity contribution in [3.05, 3.63) is 54.1 Å². The van der Waals surface area contributed by atoms with Gasteiger partial charge in [-0.2, -0.15) is 0 Å². The first-order chi connectivity index (χ1) is 13.7. The molecule has 2 aromatic rings. The Morgan fingerprint density at radius 1 is 1.14 bits per heavy atom. The monoisotopic (exact) mass is 397 g/mol. The van der Waals surface area contributed by atoms with Crippen molar-refractivity contribution in [1.29, 1.82) is 0 Å². The number of nitrogens with two attached hydrogens (primary N) is 1. The molecule has 1 heterocycles. The third-order valence-corrected chi connectivity index (χ3v) is 4.84. The summed E-state index contributed by atoms with van der Waals surface area (Å²) in [4.78, 5) is 16.4. The SMILES string of the molecule is CC1CN(c2ccc(OCc3ccccc3)cc2N)CCN1C(=O)OC(C)(C)C. The standard InChI is InChI=1S/C23H31N3O3/c1-17-15-25(12-13-26(17)22(27)29-23(2,3)4)21-11-10-19(14-20(21)24)28-16-18-8-6-5-7-9-18/h5-11,14,17H,12-13,15-16,24H2,1-4H3. The Bertz CT molecular complexity index is 833. The Labute approximate surface area is 173 Å². The highest BCUT2D eigenvalue weighted by atomic mass is 16.6. The zero-order valence-electron chi connectivity index (χ0n) is 17.7. The Kier molecular flexibility index (Phi) is 6.20. The van der Waals surface area contributed by atoms with Gasteiger partial charge in [-0.3, -0.25) is 0 Å². The lowest BCUT2D eigenvalue weighted by Crippen LogP contribution is -2.55. The highest BCUT2D eigenvalue weighted by Gasteiger charge is 2.31.